The molecule has 0 saturated heterocycles. The molecule has 1 aliphatic carbocycles. The molecule has 0 radical (unpaired) electrons. The number of benzene rings is 2. The zero-order valence-corrected chi connectivity index (χ0v) is 15.5. The lowest BCUT2D eigenvalue weighted by molar-refractivity contribution is 0.628. The summed E-state index contributed by atoms with van der Waals surface area (Å²) in [5, 5.41) is 2.06. The van der Waals surface area contributed by atoms with Crippen LogP contribution in [-0.2, 0) is 12.8 Å². The molecule has 0 unspecified atom stereocenters. The first-order valence-corrected chi connectivity index (χ1v) is 10.2. The third-order valence-electron chi connectivity index (χ3n) is 4.61. The fourth-order valence-corrected chi connectivity index (χ4v) is 5.70. The third kappa shape index (κ3) is 2.77. The van der Waals surface area contributed by atoms with Gasteiger partial charge in [-0.1, -0.05) is 24.3 Å². The smallest absolute Gasteiger partial charge is 0.127 e. The summed E-state index contributed by atoms with van der Waals surface area (Å²) in [6.45, 7) is 0. The van der Waals surface area contributed by atoms with Crippen LogP contribution in [0.2, 0.25) is 0 Å². The van der Waals surface area contributed by atoms with Gasteiger partial charge in [0.25, 0.3) is 0 Å². The van der Waals surface area contributed by atoms with Gasteiger partial charge >= 0.3 is 0 Å². The van der Waals surface area contributed by atoms with Crippen LogP contribution in [0.25, 0.3) is 20.8 Å². The standard InChI is InChI=1S/C21H15FN2S2/c22-14-10-8-13(9-11-14)12-23-20-19(15-4-3-7-17(15)25-20)21-24-16-5-1-2-6-18(16)26-21/h1-2,5-6,8-12H,3-4,7H2/b23-12+. The predicted molar refractivity (Wildman–Crippen MR) is 109 cm³/mol. The van der Waals surface area contributed by atoms with Gasteiger partial charge in [-0.25, -0.2) is 14.4 Å². The summed E-state index contributed by atoms with van der Waals surface area (Å²) in [5.74, 6) is -0.229. The van der Waals surface area contributed by atoms with Crippen molar-refractivity contribution in [2.45, 2.75) is 19.3 Å². The molecule has 26 heavy (non-hydrogen) atoms. The lowest BCUT2D eigenvalue weighted by atomic mass is 10.1. The van der Waals surface area contributed by atoms with Gasteiger partial charge < -0.3 is 0 Å². The summed E-state index contributed by atoms with van der Waals surface area (Å²) >= 11 is 3.50. The van der Waals surface area contributed by atoms with Crippen molar-refractivity contribution in [3.05, 3.63) is 70.4 Å². The van der Waals surface area contributed by atoms with Crippen molar-refractivity contribution in [1.82, 2.24) is 4.98 Å². The summed E-state index contributed by atoms with van der Waals surface area (Å²) < 4.78 is 14.3. The number of rotatable bonds is 3. The van der Waals surface area contributed by atoms with Gasteiger partial charge in [0, 0.05) is 11.1 Å². The molecular formula is C21H15FN2S2. The topological polar surface area (TPSA) is 25.2 Å². The first-order valence-electron chi connectivity index (χ1n) is 8.58. The van der Waals surface area contributed by atoms with Gasteiger partial charge in [0.1, 0.15) is 15.8 Å². The highest BCUT2D eigenvalue weighted by Gasteiger charge is 2.25. The number of para-hydroxylation sites is 1. The maximum atomic E-state index is 13.1. The number of hydrogen-bond donors (Lipinski definition) is 0. The number of thiazole rings is 1. The first kappa shape index (κ1) is 15.9. The molecule has 128 valence electrons. The highest BCUT2D eigenvalue weighted by atomic mass is 32.1. The number of aromatic nitrogens is 1. The molecule has 2 nitrogen and oxygen atoms in total. The molecular weight excluding hydrogens is 363 g/mol. The number of fused-ring (bicyclic) bond motifs is 2. The van der Waals surface area contributed by atoms with Crippen LogP contribution < -0.4 is 0 Å². The largest absolute Gasteiger partial charge is 0.245 e. The Hall–Kier alpha value is -2.37. The Morgan fingerprint density at radius 2 is 1.85 bits per heavy atom. The van der Waals surface area contributed by atoms with E-state index in [2.05, 4.69) is 18.2 Å². The normalized spacial score (nSPS) is 13.7. The van der Waals surface area contributed by atoms with E-state index in [4.69, 9.17) is 9.98 Å². The molecule has 0 N–H and O–H groups in total. The Bertz CT molecular complexity index is 1090. The SMILES string of the molecule is Fc1ccc(/C=N/c2sc3c(c2-c2nc4ccccc4s2)CCC3)cc1. The van der Waals surface area contributed by atoms with E-state index in [1.165, 1.54) is 39.3 Å². The molecule has 0 fully saturated rings. The summed E-state index contributed by atoms with van der Waals surface area (Å²) in [5.41, 5.74) is 4.55. The predicted octanol–water partition coefficient (Wildman–Crippen LogP) is 6.40. The van der Waals surface area contributed by atoms with Gasteiger partial charge in [0.2, 0.25) is 0 Å². The molecule has 1 aliphatic rings. The lowest BCUT2D eigenvalue weighted by Gasteiger charge is -1.99. The van der Waals surface area contributed by atoms with Crippen molar-refractivity contribution in [3.8, 4) is 10.6 Å². The lowest BCUT2D eigenvalue weighted by Crippen LogP contribution is -1.83. The van der Waals surface area contributed by atoms with Gasteiger partial charge in [-0.3, -0.25) is 0 Å². The quantitative estimate of drug-likeness (QED) is 0.379. The van der Waals surface area contributed by atoms with Gasteiger partial charge in [-0.2, -0.15) is 0 Å². The second-order valence-electron chi connectivity index (χ2n) is 6.33. The molecule has 4 aromatic rings. The van der Waals surface area contributed by atoms with Crippen molar-refractivity contribution in [2.75, 3.05) is 0 Å². The monoisotopic (exact) mass is 378 g/mol. The van der Waals surface area contributed by atoms with Crippen molar-refractivity contribution in [2.24, 2.45) is 4.99 Å². The summed E-state index contributed by atoms with van der Waals surface area (Å²) in [6.07, 6.45) is 5.26. The van der Waals surface area contributed by atoms with Crippen molar-refractivity contribution in [1.29, 1.82) is 0 Å². The molecule has 0 amide bonds. The maximum absolute atomic E-state index is 13.1. The fourth-order valence-electron chi connectivity index (χ4n) is 3.36. The second kappa shape index (κ2) is 6.41. The van der Waals surface area contributed by atoms with Crippen LogP contribution in [0, 0.1) is 5.82 Å². The summed E-state index contributed by atoms with van der Waals surface area (Å²) in [4.78, 5) is 11.1. The Morgan fingerprint density at radius 1 is 1.00 bits per heavy atom. The van der Waals surface area contributed by atoms with Crippen molar-refractivity contribution in [3.63, 3.8) is 0 Å². The Balaban J connectivity index is 1.61. The third-order valence-corrected chi connectivity index (χ3v) is 6.87. The van der Waals surface area contributed by atoms with Crippen LogP contribution in [0.3, 0.4) is 0 Å². The molecule has 0 saturated carbocycles. The Kier molecular flexibility index (Phi) is 3.91. The van der Waals surface area contributed by atoms with E-state index >= 15 is 0 Å². The van der Waals surface area contributed by atoms with E-state index in [0.29, 0.717) is 0 Å². The van der Waals surface area contributed by atoms with Crippen molar-refractivity contribution < 1.29 is 4.39 Å². The van der Waals surface area contributed by atoms with Crippen LogP contribution in [0.1, 0.15) is 22.4 Å². The van der Waals surface area contributed by atoms with Gasteiger partial charge in [0.15, 0.2) is 0 Å². The van der Waals surface area contributed by atoms with Crippen molar-refractivity contribution >= 4 is 44.1 Å². The first-order chi connectivity index (χ1) is 12.8. The Labute approximate surface area is 158 Å². The highest BCUT2D eigenvalue weighted by Crippen LogP contribution is 2.48. The number of hydrogen-bond acceptors (Lipinski definition) is 4. The van der Waals surface area contributed by atoms with Crippen LogP contribution in [-0.4, -0.2) is 11.2 Å². The molecule has 2 aromatic carbocycles. The molecule has 0 aliphatic heterocycles. The highest BCUT2D eigenvalue weighted by molar-refractivity contribution is 7.22. The molecule has 0 atom stereocenters. The maximum Gasteiger partial charge on any atom is 0.127 e. The number of aliphatic imine (C=N–C) groups is 1. The minimum absolute atomic E-state index is 0.229. The fraction of sp³-hybridized carbons (Fsp3) is 0.143. The van der Waals surface area contributed by atoms with E-state index in [-0.39, 0.29) is 5.82 Å². The molecule has 0 spiro atoms. The number of aryl methyl sites for hydroxylation is 1. The molecule has 2 aromatic heterocycles. The molecule has 0 bridgehead atoms. The number of halogens is 1. The van der Waals surface area contributed by atoms with E-state index in [0.717, 1.165) is 33.9 Å². The van der Waals surface area contributed by atoms with Crippen LogP contribution in [0.15, 0.2) is 53.5 Å². The molecule has 5 rings (SSSR count). The average molecular weight is 378 g/mol. The van der Waals surface area contributed by atoms with E-state index in [1.54, 1.807) is 34.8 Å². The van der Waals surface area contributed by atoms with E-state index in [1.807, 2.05) is 12.3 Å². The van der Waals surface area contributed by atoms with Gasteiger partial charge in [-0.15, -0.1) is 22.7 Å². The summed E-state index contributed by atoms with van der Waals surface area (Å²) in [7, 11) is 0. The van der Waals surface area contributed by atoms with E-state index in [9.17, 15) is 4.39 Å². The molecule has 2 heterocycles. The zero-order valence-electron chi connectivity index (χ0n) is 13.9. The van der Waals surface area contributed by atoms with Crippen LogP contribution in [0.4, 0.5) is 9.39 Å². The molecule has 5 heteroatoms. The zero-order chi connectivity index (χ0) is 17.5. The second-order valence-corrected chi connectivity index (χ2v) is 8.45. The van der Waals surface area contributed by atoms with Gasteiger partial charge in [0.05, 0.1) is 15.8 Å². The van der Waals surface area contributed by atoms with Gasteiger partial charge in [-0.05, 0) is 54.7 Å². The minimum Gasteiger partial charge on any atom is -0.245 e. The minimum atomic E-state index is -0.229. The Morgan fingerprint density at radius 3 is 2.69 bits per heavy atom. The van der Waals surface area contributed by atoms with Crippen LogP contribution >= 0.6 is 22.7 Å². The summed E-state index contributed by atoms with van der Waals surface area (Å²) in [6, 6.07) is 14.7. The van der Waals surface area contributed by atoms with Crippen LogP contribution in [0.5, 0.6) is 0 Å². The van der Waals surface area contributed by atoms with E-state index < -0.39 is 0 Å². The average Bonchev–Trinajstić information content (AvgIpc) is 3.34. The number of nitrogens with zero attached hydrogens (tertiary/aromatic N) is 2. The number of thiophene rings is 1.